The molecule has 1 N–H and O–H groups in total. The zero-order valence-corrected chi connectivity index (χ0v) is 9.22. The van der Waals surface area contributed by atoms with Crippen molar-refractivity contribution in [3.05, 3.63) is 29.8 Å². The smallest absolute Gasteiger partial charge is 0.129 e. The molecule has 1 unspecified atom stereocenters. The van der Waals surface area contributed by atoms with Gasteiger partial charge in [0.05, 0.1) is 0 Å². The van der Waals surface area contributed by atoms with Gasteiger partial charge in [-0.1, -0.05) is 0 Å². The molecular weight excluding hydrogens is 212 g/mol. The second kappa shape index (κ2) is 4.37. The van der Waals surface area contributed by atoms with Crippen LogP contribution in [0.15, 0.2) is 18.2 Å². The van der Waals surface area contributed by atoms with Crippen LogP contribution in [0, 0.1) is 11.6 Å². The lowest BCUT2D eigenvalue weighted by Crippen LogP contribution is -2.47. The maximum atomic E-state index is 13.0. The predicted molar refractivity (Wildman–Crippen MR) is 57.5 cm³/mol. The summed E-state index contributed by atoms with van der Waals surface area (Å²) in [7, 11) is 0. The van der Waals surface area contributed by atoms with E-state index in [1.54, 1.807) is 0 Å². The molecular formula is C12H15F2NO. The lowest BCUT2D eigenvalue weighted by atomic mass is 9.96. The highest BCUT2D eigenvalue weighted by atomic mass is 19.1. The van der Waals surface area contributed by atoms with Crippen LogP contribution in [0.5, 0.6) is 5.75 Å². The fourth-order valence-electron chi connectivity index (χ4n) is 1.99. The molecule has 0 saturated carbocycles. The van der Waals surface area contributed by atoms with Crippen molar-refractivity contribution in [3.63, 3.8) is 0 Å². The van der Waals surface area contributed by atoms with E-state index in [2.05, 4.69) is 5.32 Å². The van der Waals surface area contributed by atoms with Crippen LogP contribution in [0.25, 0.3) is 0 Å². The summed E-state index contributed by atoms with van der Waals surface area (Å²) in [5.74, 6) is -0.964. The third kappa shape index (κ3) is 2.70. The summed E-state index contributed by atoms with van der Waals surface area (Å²) in [6.45, 7) is 3.61. The third-order valence-corrected chi connectivity index (χ3v) is 2.76. The number of hydrogen-bond donors (Lipinski definition) is 1. The van der Waals surface area contributed by atoms with Crippen LogP contribution >= 0.6 is 0 Å². The van der Waals surface area contributed by atoms with Gasteiger partial charge in [-0.05, 0) is 26.3 Å². The van der Waals surface area contributed by atoms with Crippen LogP contribution in [0.2, 0.25) is 0 Å². The van der Waals surface area contributed by atoms with E-state index in [1.807, 2.05) is 6.92 Å². The Morgan fingerprint density at radius 2 is 1.94 bits per heavy atom. The highest BCUT2D eigenvalue weighted by Gasteiger charge is 2.28. The van der Waals surface area contributed by atoms with E-state index in [0.717, 1.165) is 25.5 Å². The molecule has 4 heteroatoms. The van der Waals surface area contributed by atoms with E-state index >= 15 is 0 Å². The Balaban J connectivity index is 2.13. The molecule has 1 heterocycles. The molecule has 0 aromatic heterocycles. The van der Waals surface area contributed by atoms with Gasteiger partial charge in [0.2, 0.25) is 0 Å². The Bertz CT molecular complexity index is 355. The summed E-state index contributed by atoms with van der Waals surface area (Å²) in [5.41, 5.74) is -0.377. The summed E-state index contributed by atoms with van der Waals surface area (Å²) in [5, 5.41) is 3.21. The lowest BCUT2D eigenvalue weighted by Gasteiger charge is -2.34. The second-order valence-electron chi connectivity index (χ2n) is 4.44. The Hall–Kier alpha value is -1.16. The molecule has 0 bridgehead atoms. The summed E-state index contributed by atoms with van der Waals surface area (Å²) in [4.78, 5) is 0. The van der Waals surface area contributed by atoms with Gasteiger partial charge in [-0.3, -0.25) is 0 Å². The van der Waals surface area contributed by atoms with Crippen LogP contribution in [-0.4, -0.2) is 18.7 Å². The SMILES string of the molecule is CC1(Oc2cc(F)cc(F)c2)CCCNC1. The Morgan fingerprint density at radius 1 is 1.25 bits per heavy atom. The number of piperidine rings is 1. The van der Waals surface area contributed by atoms with Gasteiger partial charge in [0.1, 0.15) is 23.0 Å². The molecule has 1 fully saturated rings. The molecule has 1 aliphatic rings. The van der Waals surface area contributed by atoms with E-state index in [9.17, 15) is 8.78 Å². The van der Waals surface area contributed by atoms with Gasteiger partial charge >= 0.3 is 0 Å². The molecule has 1 aliphatic heterocycles. The maximum Gasteiger partial charge on any atom is 0.129 e. The van der Waals surface area contributed by atoms with Crippen molar-refractivity contribution >= 4 is 0 Å². The van der Waals surface area contributed by atoms with Crippen LogP contribution in [0.1, 0.15) is 19.8 Å². The minimum absolute atomic E-state index is 0.253. The Labute approximate surface area is 93.6 Å². The maximum absolute atomic E-state index is 13.0. The lowest BCUT2D eigenvalue weighted by molar-refractivity contribution is 0.0608. The molecule has 1 atom stereocenters. The van der Waals surface area contributed by atoms with Crippen molar-refractivity contribution in [2.75, 3.05) is 13.1 Å². The van der Waals surface area contributed by atoms with Gasteiger partial charge in [0.25, 0.3) is 0 Å². The summed E-state index contributed by atoms with van der Waals surface area (Å²) in [6, 6.07) is 3.26. The molecule has 1 saturated heterocycles. The third-order valence-electron chi connectivity index (χ3n) is 2.76. The van der Waals surface area contributed by atoms with Crippen molar-refractivity contribution in [1.29, 1.82) is 0 Å². The van der Waals surface area contributed by atoms with Crippen LogP contribution in [0.3, 0.4) is 0 Å². The standard InChI is InChI=1S/C12H15F2NO/c1-12(3-2-4-15-8-12)16-11-6-9(13)5-10(14)7-11/h5-7,15H,2-4,8H2,1H3. The largest absolute Gasteiger partial charge is 0.486 e. The minimum atomic E-state index is -0.609. The quantitative estimate of drug-likeness (QED) is 0.838. The first-order chi connectivity index (χ1) is 7.57. The molecule has 0 aliphatic carbocycles. The molecule has 16 heavy (non-hydrogen) atoms. The molecule has 0 spiro atoms. The van der Waals surface area contributed by atoms with Crippen molar-refractivity contribution < 1.29 is 13.5 Å². The van der Waals surface area contributed by atoms with Crippen LogP contribution in [-0.2, 0) is 0 Å². The number of nitrogens with one attached hydrogen (secondary N) is 1. The molecule has 2 nitrogen and oxygen atoms in total. The number of benzene rings is 1. The van der Waals surface area contributed by atoms with Gasteiger partial charge in [-0.25, -0.2) is 8.78 Å². The van der Waals surface area contributed by atoms with Crippen molar-refractivity contribution in [3.8, 4) is 5.75 Å². The van der Waals surface area contributed by atoms with E-state index in [1.165, 1.54) is 12.1 Å². The van der Waals surface area contributed by atoms with Crippen LogP contribution in [0.4, 0.5) is 8.78 Å². The molecule has 1 aromatic rings. The van der Waals surface area contributed by atoms with E-state index in [4.69, 9.17) is 4.74 Å². The number of rotatable bonds is 2. The van der Waals surface area contributed by atoms with Gasteiger partial charge < -0.3 is 10.1 Å². The monoisotopic (exact) mass is 227 g/mol. The second-order valence-corrected chi connectivity index (χ2v) is 4.44. The molecule has 0 amide bonds. The first-order valence-corrected chi connectivity index (χ1v) is 5.43. The van der Waals surface area contributed by atoms with E-state index in [-0.39, 0.29) is 11.4 Å². The van der Waals surface area contributed by atoms with Crippen LogP contribution < -0.4 is 10.1 Å². The highest BCUT2D eigenvalue weighted by molar-refractivity contribution is 5.24. The number of halogens is 2. The molecule has 2 rings (SSSR count). The zero-order valence-electron chi connectivity index (χ0n) is 9.22. The Morgan fingerprint density at radius 3 is 2.50 bits per heavy atom. The molecule has 1 aromatic carbocycles. The topological polar surface area (TPSA) is 21.3 Å². The average Bonchev–Trinajstić information content (AvgIpc) is 2.15. The Kier molecular flexibility index (Phi) is 3.10. The minimum Gasteiger partial charge on any atom is -0.486 e. The van der Waals surface area contributed by atoms with E-state index in [0.29, 0.717) is 6.54 Å². The zero-order chi connectivity index (χ0) is 11.6. The summed E-state index contributed by atoms with van der Waals surface area (Å²) >= 11 is 0. The predicted octanol–water partition coefficient (Wildman–Crippen LogP) is 2.49. The number of ether oxygens (including phenoxy) is 1. The van der Waals surface area contributed by atoms with Crippen molar-refractivity contribution in [1.82, 2.24) is 5.32 Å². The highest BCUT2D eigenvalue weighted by Crippen LogP contribution is 2.25. The van der Waals surface area contributed by atoms with Gasteiger partial charge in [-0.2, -0.15) is 0 Å². The fraction of sp³-hybridized carbons (Fsp3) is 0.500. The van der Waals surface area contributed by atoms with Crippen molar-refractivity contribution in [2.24, 2.45) is 0 Å². The average molecular weight is 227 g/mol. The van der Waals surface area contributed by atoms with Crippen molar-refractivity contribution in [2.45, 2.75) is 25.4 Å². The van der Waals surface area contributed by atoms with E-state index < -0.39 is 11.6 Å². The normalized spacial score (nSPS) is 25.4. The number of hydrogen-bond acceptors (Lipinski definition) is 2. The van der Waals surface area contributed by atoms with Gasteiger partial charge in [0.15, 0.2) is 0 Å². The first-order valence-electron chi connectivity index (χ1n) is 5.43. The van der Waals surface area contributed by atoms with Gasteiger partial charge in [0, 0.05) is 24.7 Å². The fourth-order valence-corrected chi connectivity index (χ4v) is 1.99. The summed E-state index contributed by atoms with van der Waals surface area (Å²) in [6.07, 6.45) is 1.90. The molecule has 88 valence electrons. The summed E-state index contributed by atoms with van der Waals surface area (Å²) < 4.78 is 31.6. The first kappa shape index (κ1) is 11.3. The molecule has 0 radical (unpaired) electrons. The van der Waals surface area contributed by atoms with Gasteiger partial charge in [-0.15, -0.1) is 0 Å².